The number of carbonyl (C=O) groups excluding carboxylic acids is 1. The maximum Gasteiger partial charge on any atom is 0.532 e. The standard InChI is InChI=1S/C17H19ClNO5P/c1-2-22-19-12-6-10-15(19)17(20)24-25(18,21)23-16-11-5-8-13-7-3-4-9-14(13)16/h3-5,7-9,11,15H,2,6,10,12H2,1H3/t15-,25?/m0/s1. The zero-order chi connectivity index (χ0) is 17.9. The van der Waals surface area contributed by atoms with Crippen molar-refractivity contribution in [2.24, 2.45) is 0 Å². The lowest BCUT2D eigenvalue weighted by molar-refractivity contribution is -0.181. The fourth-order valence-corrected chi connectivity index (χ4v) is 4.07. The number of halogens is 1. The van der Waals surface area contributed by atoms with E-state index in [9.17, 15) is 9.36 Å². The first-order valence-corrected chi connectivity index (χ1v) is 10.5. The predicted octanol–water partition coefficient (Wildman–Crippen LogP) is 4.52. The van der Waals surface area contributed by atoms with E-state index in [1.54, 1.807) is 12.1 Å². The lowest BCUT2D eigenvalue weighted by atomic mass is 10.1. The first kappa shape index (κ1) is 18.2. The molecule has 0 saturated carbocycles. The van der Waals surface area contributed by atoms with E-state index in [0.29, 0.717) is 25.3 Å². The number of fused-ring (bicyclic) bond motifs is 1. The van der Waals surface area contributed by atoms with E-state index in [4.69, 9.17) is 25.1 Å². The van der Waals surface area contributed by atoms with Crippen LogP contribution in [0.25, 0.3) is 10.8 Å². The summed E-state index contributed by atoms with van der Waals surface area (Å²) in [4.78, 5) is 17.7. The van der Waals surface area contributed by atoms with Crippen LogP contribution in [0.1, 0.15) is 19.8 Å². The molecule has 1 heterocycles. The van der Waals surface area contributed by atoms with Gasteiger partial charge in [0.15, 0.2) is 0 Å². The zero-order valence-corrected chi connectivity index (χ0v) is 15.4. The minimum absolute atomic E-state index is 0.303. The van der Waals surface area contributed by atoms with Crippen LogP contribution in [0.15, 0.2) is 42.5 Å². The smallest absolute Gasteiger partial charge is 0.404 e. The van der Waals surface area contributed by atoms with Gasteiger partial charge in [0.05, 0.1) is 6.61 Å². The van der Waals surface area contributed by atoms with Crippen LogP contribution in [0.3, 0.4) is 0 Å². The number of nitrogens with zero attached hydrogens (tertiary/aromatic N) is 1. The van der Waals surface area contributed by atoms with Crippen LogP contribution < -0.4 is 4.52 Å². The summed E-state index contributed by atoms with van der Waals surface area (Å²) in [6, 6.07) is 12.1. The summed E-state index contributed by atoms with van der Waals surface area (Å²) in [6.07, 6.45) is 1.35. The summed E-state index contributed by atoms with van der Waals surface area (Å²) in [6.45, 7) is -1.25. The van der Waals surface area contributed by atoms with Crippen LogP contribution in [0.4, 0.5) is 0 Å². The van der Waals surface area contributed by atoms with Gasteiger partial charge >= 0.3 is 12.9 Å². The van der Waals surface area contributed by atoms with Gasteiger partial charge in [-0.1, -0.05) is 36.4 Å². The minimum atomic E-state index is -4.13. The Morgan fingerprint density at radius 3 is 2.84 bits per heavy atom. The minimum Gasteiger partial charge on any atom is -0.404 e. The third kappa shape index (κ3) is 4.33. The van der Waals surface area contributed by atoms with Gasteiger partial charge in [-0.05, 0) is 31.2 Å². The molecule has 2 atom stereocenters. The summed E-state index contributed by atoms with van der Waals surface area (Å²) in [5.74, 6) is -0.401. The molecule has 0 aliphatic carbocycles. The van der Waals surface area contributed by atoms with Gasteiger partial charge in [-0.25, -0.2) is 9.36 Å². The van der Waals surface area contributed by atoms with Gasteiger partial charge in [-0.3, -0.25) is 4.84 Å². The zero-order valence-electron chi connectivity index (χ0n) is 13.8. The van der Waals surface area contributed by atoms with E-state index in [1.165, 1.54) is 5.06 Å². The Balaban J connectivity index is 1.73. The normalized spacial score (nSPS) is 20.3. The second-order valence-corrected chi connectivity index (χ2v) is 8.09. The Morgan fingerprint density at radius 1 is 1.28 bits per heavy atom. The van der Waals surface area contributed by atoms with Crippen LogP contribution in [0.2, 0.25) is 0 Å². The molecule has 1 fully saturated rings. The highest BCUT2D eigenvalue weighted by atomic mass is 35.7. The predicted molar refractivity (Wildman–Crippen MR) is 95.5 cm³/mol. The molecular formula is C17H19ClNO5P. The fourth-order valence-electron chi connectivity index (χ4n) is 2.88. The molecule has 2 aromatic rings. The third-order valence-corrected chi connectivity index (χ3v) is 5.15. The number of carbonyl (C=O) groups is 1. The average molecular weight is 384 g/mol. The Hall–Kier alpha value is -1.59. The molecule has 3 rings (SSSR count). The molecule has 0 N–H and O–H groups in total. The highest BCUT2D eigenvalue weighted by Crippen LogP contribution is 2.54. The van der Waals surface area contributed by atoms with Gasteiger partial charge in [0.25, 0.3) is 0 Å². The Labute approximate surface area is 150 Å². The Morgan fingerprint density at radius 2 is 2.04 bits per heavy atom. The van der Waals surface area contributed by atoms with Gasteiger partial charge in [0.1, 0.15) is 11.8 Å². The van der Waals surface area contributed by atoms with Crippen LogP contribution in [-0.2, 0) is 18.7 Å². The second kappa shape index (κ2) is 7.75. The maximum atomic E-state index is 12.5. The molecule has 0 amide bonds. The van der Waals surface area contributed by atoms with Crippen molar-refractivity contribution in [2.75, 3.05) is 13.2 Å². The molecule has 1 aliphatic heterocycles. The van der Waals surface area contributed by atoms with Crippen LogP contribution in [0.5, 0.6) is 5.75 Å². The van der Waals surface area contributed by atoms with Crippen molar-refractivity contribution < 1.29 is 23.2 Å². The molecule has 8 heteroatoms. The van der Waals surface area contributed by atoms with E-state index in [0.717, 1.165) is 17.2 Å². The fraction of sp³-hybridized carbons (Fsp3) is 0.353. The quantitative estimate of drug-likeness (QED) is 0.683. The summed E-state index contributed by atoms with van der Waals surface area (Å²) in [5.41, 5.74) is 0. The number of hydroxylamine groups is 2. The number of rotatable bonds is 6. The maximum absolute atomic E-state index is 12.5. The second-order valence-electron chi connectivity index (χ2n) is 5.63. The van der Waals surface area contributed by atoms with Gasteiger partial charge in [0, 0.05) is 23.2 Å². The number of hydrogen-bond donors (Lipinski definition) is 0. The van der Waals surface area contributed by atoms with E-state index >= 15 is 0 Å². The molecule has 0 radical (unpaired) electrons. The van der Waals surface area contributed by atoms with Crippen molar-refractivity contribution in [3.05, 3.63) is 42.5 Å². The average Bonchev–Trinajstić information content (AvgIpc) is 3.03. The Kier molecular flexibility index (Phi) is 5.64. The summed E-state index contributed by atoms with van der Waals surface area (Å²) >= 11 is 5.90. The van der Waals surface area contributed by atoms with Crippen molar-refractivity contribution in [3.8, 4) is 5.75 Å². The highest BCUT2D eigenvalue weighted by molar-refractivity contribution is 7.82. The van der Waals surface area contributed by atoms with E-state index in [2.05, 4.69) is 0 Å². The number of benzene rings is 2. The largest absolute Gasteiger partial charge is 0.532 e. The van der Waals surface area contributed by atoms with E-state index in [-0.39, 0.29) is 0 Å². The van der Waals surface area contributed by atoms with Crippen molar-refractivity contribution in [1.82, 2.24) is 5.06 Å². The van der Waals surface area contributed by atoms with Crippen molar-refractivity contribution >= 4 is 34.9 Å². The molecule has 2 aromatic carbocycles. The van der Waals surface area contributed by atoms with Crippen LogP contribution in [0, 0.1) is 0 Å². The molecule has 134 valence electrons. The monoisotopic (exact) mass is 383 g/mol. The van der Waals surface area contributed by atoms with Crippen molar-refractivity contribution in [2.45, 2.75) is 25.8 Å². The lowest BCUT2D eigenvalue weighted by Crippen LogP contribution is -2.36. The molecule has 0 aromatic heterocycles. The van der Waals surface area contributed by atoms with Gasteiger partial charge in [-0.15, -0.1) is 0 Å². The molecule has 1 aliphatic rings. The van der Waals surface area contributed by atoms with Crippen LogP contribution >= 0.6 is 18.2 Å². The SMILES string of the molecule is CCON1CCC[C@H]1C(=O)OP(=O)(Cl)Oc1cccc2ccccc12. The van der Waals surface area contributed by atoms with Gasteiger partial charge in [-0.2, -0.15) is 5.06 Å². The first-order valence-electron chi connectivity index (χ1n) is 8.10. The van der Waals surface area contributed by atoms with E-state index in [1.807, 2.05) is 37.3 Å². The third-order valence-electron chi connectivity index (χ3n) is 3.93. The molecule has 25 heavy (non-hydrogen) atoms. The Bertz CT molecular complexity index is 809. The summed E-state index contributed by atoms with van der Waals surface area (Å²) in [5, 5.41) is 3.18. The first-order chi connectivity index (χ1) is 12.0. The molecule has 0 spiro atoms. The molecular weight excluding hydrogens is 365 g/mol. The molecule has 1 unspecified atom stereocenters. The summed E-state index contributed by atoms with van der Waals surface area (Å²) < 4.78 is 22.8. The van der Waals surface area contributed by atoms with Crippen molar-refractivity contribution in [3.63, 3.8) is 0 Å². The highest BCUT2D eigenvalue weighted by Gasteiger charge is 2.38. The molecule has 0 bridgehead atoms. The van der Waals surface area contributed by atoms with Gasteiger partial charge < -0.3 is 9.05 Å². The number of hydrogen-bond acceptors (Lipinski definition) is 6. The molecule has 1 saturated heterocycles. The topological polar surface area (TPSA) is 65.1 Å². The molecule has 6 nitrogen and oxygen atoms in total. The van der Waals surface area contributed by atoms with Crippen LogP contribution in [-0.4, -0.2) is 30.2 Å². The lowest BCUT2D eigenvalue weighted by Gasteiger charge is -2.22. The van der Waals surface area contributed by atoms with Gasteiger partial charge in [0.2, 0.25) is 0 Å². The van der Waals surface area contributed by atoms with Crippen molar-refractivity contribution in [1.29, 1.82) is 0 Å². The van der Waals surface area contributed by atoms with E-state index < -0.39 is 19.0 Å². The summed E-state index contributed by atoms with van der Waals surface area (Å²) in [7, 11) is 0.